The number of carbonyl (C=O) groups is 3. The zero-order valence-corrected chi connectivity index (χ0v) is 26.6. The van der Waals surface area contributed by atoms with Gasteiger partial charge >= 0.3 is 0 Å². The number of hydrogen-bond donors (Lipinski definition) is 0. The fraction of sp³-hybridized carbons (Fsp3) is 0.400. The molecule has 1 aliphatic rings. The minimum absolute atomic E-state index is 0.0265. The quantitative estimate of drug-likeness (QED) is 0.365. The first kappa shape index (κ1) is 33.0. The van der Waals surface area contributed by atoms with Crippen LogP contribution in [0.15, 0.2) is 72.8 Å². The van der Waals surface area contributed by atoms with Gasteiger partial charge in [-0.3, -0.25) is 14.4 Å². The summed E-state index contributed by atoms with van der Waals surface area (Å²) >= 11 is 6.32. The zero-order valence-electron chi connectivity index (χ0n) is 25.8. The summed E-state index contributed by atoms with van der Waals surface area (Å²) < 4.78 is 11.3. The van der Waals surface area contributed by atoms with Gasteiger partial charge in [0.05, 0.1) is 18.8 Å². The minimum Gasteiger partial charge on any atom is -0.493 e. The third-order valence-corrected chi connectivity index (χ3v) is 8.15. The molecule has 0 fully saturated rings. The van der Waals surface area contributed by atoms with Gasteiger partial charge in [0.25, 0.3) is 11.8 Å². The average Bonchev–Trinajstić information content (AvgIpc) is 3.04. The molecule has 44 heavy (non-hydrogen) atoms. The number of halogens is 1. The molecule has 3 amide bonds. The first-order valence-electron chi connectivity index (χ1n) is 15.1. The largest absolute Gasteiger partial charge is 0.493 e. The highest BCUT2D eigenvalue weighted by Gasteiger charge is 2.31. The summed E-state index contributed by atoms with van der Waals surface area (Å²) in [5.41, 5.74) is 2.84. The number of likely N-dealkylation sites (N-methyl/N-ethyl adjacent to an activating group) is 2. The van der Waals surface area contributed by atoms with Crippen LogP contribution in [0.1, 0.15) is 57.5 Å². The summed E-state index contributed by atoms with van der Waals surface area (Å²) in [7, 11) is 5.06. The van der Waals surface area contributed by atoms with Gasteiger partial charge < -0.3 is 24.2 Å². The monoisotopic (exact) mass is 619 g/mol. The van der Waals surface area contributed by atoms with Crippen molar-refractivity contribution in [3.05, 3.63) is 100 Å². The van der Waals surface area contributed by atoms with E-state index in [0.29, 0.717) is 74.0 Å². The summed E-state index contributed by atoms with van der Waals surface area (Å²) in [4.78, 5) is 46.4. The summed E-state index contributed by atoms with van der Waals surface area (Å²) in [5, 5.41) is 0.409. The van der Waals surface area contributed by atoms with Crippen molar-refractivity contribution >= 4 is 29.3 Å². The lowest BCUT2D eigenvalue weighted by atomic mass is 10.0. The Morgan fingerprint density at radius 1 is 0.886 bits per heavy atom. The lowest BCUT2D eigenvalue weighted by Gasteiger charge is -2.31. The van der Waals surface area contributed by atoms with Crippen LogP contribution in [0.25, 0.3) is 0 Å². The molecule has 0 aliphatic carbocycles. The maximum absolute atomic E-state index is 13.9. The van der Waals surface area contributed by atoms with Crippen LogP contribution >= 0.6 is 11.6 Å². The number of rotatable bonds is 5. The van der Waals surface area contributed by atoms with Gasteiger partial charge in [-0.05, 0) is 67.1 Å². The van der Waals surface area contributed by atoms with E-state index in [1.54, 1.807) is 44.3 Å². The fourth-order valence-corrected chi connectivity index (χ4v) is 5.59. The van der Waals surface area contributed by atoms with Crippen LogP contribution in [-0.2, 0) is 22.6 Å². The molecule has 234 valence electrons. The molecule has 0 N–H and O–H groups in total. The predicted octanol–water partition coefficient (Wildman–Crippen LogP) is 5.72. The first-order valence-corrected chi connectivity index (χ1v) is 15.5. The number of benzene rings is 3. The van der Waals surface area contributed by atoms with E-state index in [9.17, 15) is 14.4 Å². The highest BCUT2D eigenvalue weighted by atomic mass is 35.5. The van der Waals surface area contributed by atoms with E-state index in [4.69, 9.17) is 21.1 Å². The van der Waals surface area contributed by atoms with Crippen molar-refractivity contribution < 1.29 is 23.9 Å². The highest BCUT2D eigenvalue weighted by molar-refractivity contribution is 6.31. The van der Waals surface area contributed by atoms with Gasteiger partial charge in [0.15, 0.2) is 0 Å². The topological polar surface area (TPSA) is 79.4 Å². The van der Waals surface area contributed by atoms with Crippen LogP contribution in [0.2, 0.25) is 5.02 Å². The van der Waals surface area contributed by atoms with Crippen LogP contribution in [-0.4, -0.2) is 85.9 Å². The number of hydrogen-bond acceptors (Lipinski definition) is 5. The highest BCUT2D eigenvalue weighted by Crippen LogP contribution is 2.26. The second kappa shape index (κ2) is 16.3. The van der Waals surface area contributed by atoms with Crippen molar-refractivity contribution in [2.24, 2.45) is 0 Å². The fourth-order valence-electron chi connectivity index (χ4n) is 5.42. The molecule has 1 heterocycles. The van der Waals surface area contributed by atoms with Crippen molar-refractivity contribution in [2.75, 3.05) is 47.4 Å². The Hall–Kier alpha value is -3.88. The molecule has 9 heteroatoms. The minimum atomic E-state index is -0.727. The van der Waals surface area contributed by atoms with Crippen molar-refractivity contribution in [1.82, 2.24) is 14.7 Å². The van der Waals surface area contributed by atoms with Crippen molar-refractivity contribution in [3.63, 3.8) is 0 Å². The molecule has 0 saturated carbocycles. The molecule has 0 aromatic heterocycles. The Labute approximate surface area is 265 Å². The SMILES string of the molecule is COCc1cccc(C(=O)N2CCCCOc3ccc(Cl)cc3C(=O)N(C)[C@@H](Cc3ccccc3)C(=O)N(C)CCCC2)c1. The van der Waals surface area contributed by atoms with Crippen molar-refractivity contribution in [2.45, 2.75) is 44.8 Å². The smallest absolute Gasteiger partial charge is 0.258 e. The standard InChI is InChI=1S/C35H42ClN3O5/c1-37-18-7-8-19-39(33(40)28-15-11-14-27(22-28)25-43-3)20-9-10-21-44-32-17-16-29(36)24-30(32)34(41)38(2)31(35(37)42)23-26-12-5-4-6-13-26/h4-6,11-17,22,24,31H,7-10,18-21,23,25H2,1-3H3/t31-/m0/s1. The average molecular weight is 620 g/mol. The molecule has 0 radical (unpaired) electrons. The van der Waals surface area contributed by atoms with E-state index in [0.717, 1.165) is 24.0 Å². The van der Waals surface area contributed by atoms with Gasteiger partial charge in [-0.15, -0.1) is 0 Å². The van der Waals surface area contributed by atoms with Gasteiger partial charge in [0.2, 0.25) is 5.91 Å². The third kappa shape index (κ3) is 8.83. The van der Waals surface area contributed by atoms with Crippen molar-refractivity contribution in [3.8, 4) is 5.75 Å². The number of fused-ring (bicyclic) bond motifs is 1. The van der Waals surface area contributed by atoms with Crippen LogP contribution in [0.3, 0.4) is 0 Å². The van der Waals surface area contributed by atoms with Crippen LogP contribution in [0.4, 0.5) is 0 Å². The van der Waals surface area contributed by atoms with E-state index in [1.807, 2.05) is 59.5 Å². The maximum atomic E-state index is 13.9. The van der Waals surface area contributed by atoms with Gasteiger partial charge in [-0.2, -0.15) is 0 Å². The van der Waals surface area contributed by atoms with Gasteiger partial charge in [-0.25, -0.2) is 0 Å². The van der Waals surface area contributed by atoms with E-state index in [1.165, 1.54) is 4.90 Å². The second-order valence-electron chi connectivity index (χ2n) is 11.2. The van der Waals surface area contributed by atoms with E-state index < -0.39 is 6.04 Å². The molecule has 0 saturated heterocycles. The molecule has 1 atom stereocenters. The zero-order chi connectivity index (χ0) is 31.5. The maximum Gasteiger partial charge on any atom is 0.258 e. The van der Waals surface area contributed by atoms with E-state index >= 15 is 0 Å². The lowest BCUT2D eigenvalue weighted by molar-refractivity contribution is -0.134. The molecule has 1 aliphatic heterocycles. The Kier molecular flexibility index (Phi) is 12.2. The third-order valence-electron chi connectivity index (χ3n) is 7.92. The molecule has 0 bridgehead atoms. The second-order valence-corrected chi connectivity index (χ2v) is 11.6. The Morgan fingerprint density at radius 2 is 1.59 bits per heavy atom. The van der Waals surface area contributed by atoms with Gasteiger partial charge in [-0.1, -0.05) is 54.1 Å². The molecule has 3 aromatic carbocycles. The number of methoxy groups -OCH3 is 1. The first-order chi connectivity index (χ1) is 21.3. The molecular formula is C35H42ClN3O5. The lowest BCUT2D eigenvalue weighted by Crippen LogP contribution is -2.49. The van der Waals surface area contributed by atoms with Crippen LogP contribution < -0.4 is 4.74 Å². The summed E-state index contributed by atoms with van der Waals surface area (Å²) in [6, 6.07) is 21.5. The normalized spacial score (nSPS) is 17.5. The Balaban J connectivity index is 1.59. The van der Waals surface area contributed by atoms with Crippen molar-refractivity contribution in [1.29, 1.82) is 0 Å². The number of amides is 3. The molecule has 0 spiro atoms. The Morgan fingerprint density at radius 3 is 2.34 bits per heavy atom. The van der Waals surface area contributed by atoms with Crippen LogP contribution in [0.5, 0.6) is 5.75 Å². The molecule has 3 aromatic rings. The number of carbonyl (C=O) groups excluding carboxylic acids is 3. The summed E-state index contributed by atoms with van der Waals surface area (Å²) in [5.74, 6) is -0.0950. The molecule has 4 rings (SSSR count). The Bertz CT molecular complexity index is 1420. The number of nitrogens with zero attached hydrogens (tertiary/aromatic N) is 3. The van der Waals surface area contributed by atoms with E-state index in [2.05, 4.69) is 0 Å². The summed E-state index contributed by atoms with van der Waals surface area (Å²) in [6.45, 7) is 2.45. The van der Waals surface area contributed by atoms with Gasteiger partial charge in [0.1, 0.15) is 11.8 Å². The molecule has 8 nitrogen and oxygen atoms in total. The van der Waals surface area contributed by atoms with Crippen LogP contribution in [0, 0.1) is 0 Å². The number of ether oxygens (including phenoxy) is 2. The summed E-state index contributed by atoms with van der Waals surface area (Å²) in [6.07, 6.45) is 3.25. The van der Waals surface area contributed by atoms with E-state index in [-0.39, 0.29) is 17.7 Å². The predicted molar refractivity (Wildman–Crippen MR) is 172 cm³/mol. The van der Waals surface area contributed by atoms with Gasteiger partial charge in [0, 0.05) is 57.8 Å². The molecule has 0 unspecified atom stereocenters. The molecular weight excluding hydrogens is 578 g/mol.